The second kappa shape index (κ2) is 15.4. The predicted octanol–water partition coefficient (Wildman–Crippen LogP) is 4.24. The molecule has 3 amide bonds. The van der Waals surface area contributed by atoms with Gasteiger partial charge in [0.05, 0.1) is 35.3 Å². The molecular weight excluding hydrogens is 598 g/mol. The first-order valence-corrected chi connectivity index (χ1v) is 16.2. The number of amides is 3. The lowest BCUT2D eigenvalue weighted by Crippen LogP contribution is -2.49. The number of hydrogen-bond donors (Lipinski definition) is 4. The normalized spacial score (nSPS) is 19.3. The molecule has 2 heterocycles. The van der Waals surface area contributed by atoms with Gasteiger partial charge in [-0.25, -0.2) is 0 Å². The van der Waals surface area contributed by atoms with Crippen molar-refractivity contribution in [2.24, 2.45) is 11.8 Å². The van der Waals surface area contributed by atoms with Crippen LogP contribution in [0, 0.1) is 11.8 Å². The fourth-order valence-corrected chi connectivity index (χ4v) is 6.00. The van der Waals surface area contributed by atoms with Crippen LogP contribution < -0.4 is 21.1 Å². The van der Waals surface area contributed by atoms with Crippen LogP contribution in [0.25, 0.3) is 0 Å². The number of rotatable bonds is 10. The van der Waals surface area contributed by atoms with Gasteiger partial charge in [-0.3, -0.25) is 19.3 Å². The second-order valence-electron chi connectivity index (χ2n) is 12.6. The van der Waals surface area contributed by atoms with Gasteiger partial charge in [-0.05, 0) is 68.8 Å². The van der Waals surface area contributed by atoms with E-state index in [4.69, 9.17) is 15.2 Å². The van der Waals surface area contributed by atoms with Crippen molar-refractivity contribution in [2.45, 2.75) is 45.4 Å². The van der Waals surface area contributed by atoms with E-state index in [-0.39, 0.29) is 42.3 Å². The standard InChI is InChI=1S/C36H45N5O6/c1-23-19-41(24(2)22-42)36(45)28-7-6-10-31(39-35(44)27-15-17-46-18-16-27)33(28)47-32(23)21-40(3)20-25-11-13-26(14-12-25)34(43)38-30-9-5-4-8-29(30)37/h4-14,23-24,27,32,42H,15-22,37H2,1-3H3,(H,38,43)(H,39,44)/t23-,24-,32+/m1/s1. The molecule has 47 heavy (non-hydrogen) atoms. The van der Waals surface area contributed by atoms with Crippen molar-refractivity contribution in [2.75, 3.05) is 56.3 Å². The molecule has 3 aromatic rings. The minimum atomic E-state index is -0.399. The van der Waals surface area contributed by atoms with Gasteiger partial charge in [0.15, 0.2) is 5.75 Å². The molecule has 1 saturated heterocycles. The lowest BCUT2D eigenvalue weighted by Gasteiger charge is -2.38. The Morgan fingerprint density at radius 1 is 1.02 bits per heavy atom. The highest BCUT2D eigenvalue weighted by molar-refractivity contribution is 6.05. The summed E-state index contributed by atoms with van der Waals surface area (Å²) in [5.74, 6) is -0.543. The zero-order valence-electron chi connectivity index (χ0n) is 27.3. The number of benzene rings is 3. The fraction of sp³-hybridized carbons (Fsp3) is 0.417. The van der Waals surface area contributed by atoms with Crippen molar-refractivity contribution >= 4 is 34.8 Å². The molecule has 0 radical (unpaired) electrons. The number of aliphatic hydroxyl groups is 1. The third-order valence-corrected chi connectivity index (χ3v) is 8.91. The molecule has 3 atom stereocenters. The van der Waals surface area contributed by atoms with Crippen LogP contribution in [0.3, 0.4) is 0 Å². The van der Waals surface area contributed by atoms with Crippen molar-refractivity contribution in [3.63, 3.8) is 0 Å². The highest BCUT2D eigenvalue weighted by atomic mass is 16.5. The SMILES string of the molecule is C[C@@H]1CN([C@H](C)CO)C(=O)c2cccc(NC(=O)C3CCOCC3)c2O[C@H]1CN(C)Cc1ccc(C(=O)Nc2ccccc2N)cc1. The summed E-state index contributed by atoms with van der Waals surface area (Å²) in [6.07, 6.45) is 0.934. The topological polar surface area (TPSA) is 146 Å². The Hall–Kier alpha value is -4.45. The number of carbonyl (C=O) groups excluding carboxylic acids is 3. The highest BCUT2D eigenvalue weighted by Gasteiger charge is 2.35. The second-order valence-corrected chi connectivity index (χ2v) is 12.6. The maximum Gasteiger partial charge on any atom is 0.258 e. The molecule has 11 heteroatoms. The summed E-state index contributed by atoms with van der Waals surface area (Å²) >= 11 is 0. The number of carbonyl (C=O) groups is 3. The number of ether oxygens (including phenoxy) is 2. The van der Waals surface area contributed by atoms with Crippen LogP contribution >= 0.6 is 0 Å². The molecule has 0 aromatic heterocycles. The van der Waals surface area contributed by atoms with Crippen molar-refractivity contribution in [1.29, 1.82) is 0 Å². The largest absolute Gasteiger partial charge is 0.486 e. The fourth-order valence-electron chi connectivity index (χ4n) is 6.00. The van der Waals surface area contributed by atoms with E-state index in [0.717, 1.165) is 5.56 Å². The summed E-state index contributed by atoms with van der Waals surface area (Å²) in [5, 5.41) is 15.9. The Morgan fingerprint density at radius 3 is 2.43 bits per heavy atom. The molecule has 0 unspecified atom stereocenters. The van der Waals surface area contributed by atoms with Gasteiger partial charge in [0.25, 0.3) is 11.8 Å². The molecule has 11 nitrogen and oxygen atoms in total. The Labute approximate surface area is 276 Å². The van der Waals surface area contributed by atoms with Crippen molar-refractivity contribution in [1.82, 2.24) is 9.80 Å². The summed E-state index contributed by atoms with van der Waals surface area (Å²) in [5.41, 5.74) is 9.37. The van der Waals surface area contributed by atoms with Crippen molar-refractivity contribution in [3.8, 4) is 5.75 Å². The summed E-state index contributed by atoms with van der Waals surface area (Å²) in [7, 11) is 1.99. The zero-order chi connectivity index (χ0) is 33.5. The van der Waals surface area contributed by atoms with Gasteiger partial charge in [-0.2, -0.15) is 0 Å². The van der Waals surface area contributed by atoms with Crippen LogP contribution in [-0.2, 0) is 16.1 Å². The smallest absolute Gasteiger partial charge is 0.258 e. The molecule has 3 aromatic carbocycles. The Bertz CT molecular complexity index is 1560. The monoisotopic (exact) mass is 643 g/mol. The Balaban J connectivity index is 1.32. The van der Waals surface area contributed by atoms with Crippen LogP contribution in [0.2, 0.25) is 0 Å². The number of para-hydroxylation sites is 3. The number of nitrogens with zero attached hydrogens (tertiary/aromatic N) is 2. The zero-order valence-corrected chi connectivity index (χ0v) is 27.3. The third-order valence-electron chi connectivity index (χ3n) is 8.91. The van der Waals surface area contributed by atoms with Crippen LogP contribution in [0.15, 0.2) is 66.7 Å². The van der Waals surface area contributed by atoms with E-state index >= 15 is 0 Å². The number of nitrogens with one attached hydrogen (secondary N) is 2. The molecule has 2 aliphatic heterocycles. The number of nitrogen functional groups attached to an aromatic ring is 1. The summed E-state index contributed by atoms with van der Waals surface area (Å²) in [6, 6.07) is 19.4. The van der Waals surface area contributed by atoms with Gasteiger partial charge in [0.2, 0.25) is 5.91 Å². The average Bonchev–Trinajstić information content (AvgIpc) is 3.08. The van der Waals surface area contributed by atoms with E-state index in [2.05, 4.69) is 15.5 Å². The van der Waals surface area contributed by atoms with E-state index in [1.165, 1.54) is 0 Å². The summed E-state index contributed by atoms with van der Waals surface area (Å²) < 4.78 is 12.1. The predicted molar refractivity (Wildman–Crippen MR) is 181 cm³/mol. The maximum absolute atomic E-state index is 13.8. The van der Waals surface area contributed by atoms with Gasteiger partial charge in [0.1, 0.15) is 6.10 Å². The summed E-state index contributed by atoms with van der Waals surface area (Å²) in [4.78, 5) is 43.6. The minimum absolute atomic E-state index is 0.0979. The van der Waals surface area contributed by atoms with Crippen molar-refractivity contribution < 1.29 is 29.0 Å². The van der Waals surface area contributed by atoms with Crippen LogP contribution in [-0.4, -0.2) is 84.7 Å². The van der Waals surface area contributed by atoms with E-state index < -0.39 is 6.04 Å². The Kier molecular flexibility index (Phi) is 11.1. The van der Waals surface area contributed by atoms with Crippen LogP contribution in [0.5, 0.6) is 5.75 Å². The van der Waals surface area contributed by atoms with Crippen molar-refractivity contribution in [3.05, 3.63) is 83.4 Å². The molecule has 0 spiro atoms. The molecule has 0 saturated carbocycles. The number of fused-ring (bicyclic) bond motifs is 1. The van der Waals surface area contributed by atoms with Crippen LogP contribution in [0.4, 0.5) is 17.1 Å². The summed E-state index contributed by atoms with van der Waals surface area (Å²) in [6.45, 7) is 6.27. The van der Waals surface area contributed by atoms with Gasteiger partial charge in [-0.1, -0.05) is 37.3 Å². The first-order chi connectivity index (χ1) is 22.6. The molecule has 5 rings (SSSR count). The highest BCUT2D eigenvalue weighted by Crippen LogP contribution is 2.35. The number of hydrogen-bond acceptors (Lipinski definition) is 8. The van der Waals surface area contributed by atoms with E-state index in [1.807, 2.05) is 45.2 Å². The number of anilines is 3. The minimum Gasteiger partial charge on any atom is -0.486 e. The third kappa shape index (κ3) is 8.29. The number of likely N-dealkylation sites (N-methyl/N-ethyl adjacent to an activating group) is 1. The van der Waals surface area contributed by atoms with E-state index in [0.29, 0.717) is 79.6 Å². The lowest BCUT2D eigenvalue weighted by atomic mass is 9.98. The molecule has 2 aliphatic rings. The quantitative estimate of drug-likeness (QED) is 0.240. The average molecular weight is 644 g/mol. The first-order valence-electron chi connectivity index (χ1n) is 16.2. The van der Waals surface area contributed by atoms with E-state index in [1.54, 1.807) is 47.4 Å². The first kappa shape index (κ1) is 33.9. The van der Waals surface area contributed by atoms with Gasteiger partial charge < -0.3 is 35.8 Å². The Morgan fingerprint density at radius 2 is 1.72 bits per heavy atom. The number of nitrogens with two attached hydrogens (primary N) is 1. The number of aliphatic hydroxyl groups excluding tert-OH is 1. The maximum atomic E-state index is 13.8. The molecule has 1 fully saturated rings. The van der Waals surface area contributed by atoms with Crippen LogP contribution in [0.1, 0.15) is 53.0 Å². The molecular formula is C36H45N5O6. The molecule has 250 valence electrons. The van der Waals surface area contributed by atoms with E-state index in [9.17, 15) is 19.5 Å². The van der Waals surface area contributed by atoms with Gasteiger partial charge >= 0.3 is 0 Å². The lowest BCUT2D eigenvalue weighted by molar-refractivity contribution is -0.122. The van der Waals surface area contributed by atoms with Gasteiger partial charge in [-0.15, -0.1) is 0 Å². The molecule has 0 aliphatic carbocycles. The molecule has 0 bridgehead atoms. The van der Waals surface area contributed by atoms with Gasteiger partial charge in [0, 0.05) is 50.2 Å². The molecule has 5 N–H and O–H groups in total.